The Kier molecular flexibility index (Phi) is 11.8. The first-order chi connectivity index (χ1) is 16.4. The van der Waals surface area contributed by atoms with E-state index < -0.39 is 79.2 Å². The average molecular weight is 496 g/mol. The first kappa shape index (κ1) is 29.0. The fourth-order valence-corrected chi connectivity index (χ4v) is 2.86. The molecule has 9 N–H and O–H groups in total. The van der Waals surface area contributed by atoms with Gasteiger partial charge in [0.05, 0.1) is 19.1 Å². The summed E-state index contributed by atoms with van der Waals surface area (Å²) in [7, 11) is 0. The van der Waals surface area contributed by atoms with Crippen molar-refractivity contribution in [3.8, 4) is 0 Å². The molecule has 0 aliphatic rings. The number of hydrogen-bond acceptors (Lipinski definition) is 8. The van der Waals surface area contributed by atoms with Crippen LogP contribution in [0.4, 0.5) is 0 Å². The zero-order valence-corrected chi connectivity index (χ0v) is 18.5. The van der Waals surface area contributed by atoms with Gasteiger partial charge in [-0.15, -0.1) is 0 Å². The number of aliphatic hydroxyl groups excluding tert-OH is 1. The van der Waals surface area contributed by atoms with Crippen LogP contribution in [-0.2, 0) is 35.2 Å². The number of carboxylic acid groups (broad SMARTS) is 3. The lowest BCUT2D eigenvalue weighted by atomic mass is 10.0. The van der Waals surface area contributed by atoms with Crippen LogP contribution in [0.2, 0.25) is 0 Å². The maximum absolute atomic E-state index is 12.8. The zero-order chi connectivity index (χ0) is 26.5. The third kappa shape index (κ3) is 10.6. The van der Waals surface area contributed by atoms with E-state index in [9.17, 15) is 33.9 Å². The molecule has 0 bridgehead atoms. The maximum Gasteiger partial charge on any atom is 0.328 e. The topological polar surface area (TPSA) is 245 Å². The first-order valence-electron chi connectivity index (χ1n) is 10.4. The first-order valence-corrected chi connectivity index (χ1v) is 10.4. The quantitative estimate of drug-likeness (QED) is 0.125. The molecular weight excluding hydrogens is 468 g/mol. The number of carboxylic acids is 3. The molecule has 192 valence electrons. The van der Waals surface area contributed by atoms with Gasteiger partial charge in [0.25, 0.3) is 0 Å². The van der Waals surface area contributed by atoms with E-state index in [1.54, 1.807) is 30.3 Å². The number of hydrogen-bond donors (Lipinski definition) is 8. The molecule has 0 aromatic heterocycles. The minimum Gasteiger partial charge on any atom is -0.481 e. The van der Waals surface area contributed by atoms with Crippen molar-refractivity contribution >= 4 is 35.6 Å². The molecule has 0 fully saturated rings. The highest BCUT2D eigenvalue weighted by Crippen LogP contribution is 2.06. The lowest BCUT2D eigenvalue weighted by Crippen LogP contribution is -2.58. The maximum atomic E-state index is 12.8. The van der Waals surface area contributed by atoms with Crippen LogP contribution in [0, 0.1) is 0 Å². The Morgan fingerprint density at radius 2 is 1.31 bits per heavy atom. The number of benzene rings is 1. The summed E-state index contributed by atoms with van der Waals surface area (Å²) in [5.41, 5.74) is 6.16. The van der Waals surface area contributed by atoms with E-state index >= 15 is 0 Å². The molecule has 0 spiro atoms. The number of nitrogens with two attached hydrogens (primary N) is 1. The van der Waals surface area contributed by atoms with Gasteiger partial charge in [-0.2, -0.15) is 0 Å². The molecular formula is C21H28N4O10. The van der Waals surface area contributed by atoms with Crippen LogP contribution in [0.1, 0.15) is 24.8 Å². The summed E-state index contributed by atoms with van der Waals surface area (Å²) >= 11 is 0. The third-order valence-electron chi connectivity index (χ3n) is 4.73. The molecule has 35 heavy (non-hydrogen) atoms. The highest BCUT2D eigenvalue weighted by atomic mass is 16.4. The minimum atomic E-state index is -1.67. The van der Waals surface area contributed by atoms with E-state index in [0.29, 0.717) is 5.56 Å². The van der Waals surface area contributed by atoms with Crippen LogP contribution in [0.25, 0.3) is 0 Å². The van der Waals surface area contributed by atoms with Gasteiger partial charge in [0.2, 0.25) is 17.7 Å². The van der Waals surface area contributed by atoms with Crippen LogP contribution in [0.5, 0.6) is 0 Å². The molecule has 0 saturated heterocycles. The van der Waals surface area contributed by atoms with E-state index in [0.717, 1.165) is 0 Å². The van der Waals surface area contributed by atoms with Gasteiger partial charge in [-0.3, -0.25) is 24.0 Å². The molecule has 3 amide bonds. The molecule has 0 saturated carbocycles. The summed E-state index contributed by atoms with van der Waals surface area (Å²) in [6.45, 7) is -0.918. The van der Waals surface area contributed by atoms with Crippen molar-refractivity contribution in [3.63, 3.8) is 0 Å². The zero-order valence-electron chi connectivity index (χ0n) is 18.5. The van der Waals surface area contributed by atoms with Crippen molar-refractivity contribution in [1.82, 2.24) is 16.0 Å². The van der Waals surface area contributed by atoms with Crippen molar-refractivity contribution in [1.29, 1.82) is 0 Å². The van der Waals surface area contributed by atoms with Crippen LogP contribution < -0.4 is 21.7 Å². The van der Waals surface area contributed by atoms with Crippen molar-refractivity contribution in [2.75, 3.05) is 6.61 Å². The Morgan fingerprint density at radius 1 is 0.771 bits per heavy atom. The Hall–Kier alpha value is -4.04. The highest BCUT2D eigenvalue weighted by molar-refractivity contribution is 5.95. The van der Waals surface area contributed by atoms with Crippen molar-refractivity contribution < 1.29 is 49.2 Å². The summed E-state index contributed by atoms with van der Waals surface area (Å²) in [4.78, 5) is 70.8. The second-order valence-corrected chi connectivity index (χ2v) is 7.53. The number of aliphatic carboxylic acids is 3. The molecule has 1 rings (SSSR count). The van der Waals surface area contributed by atoms with Gasteiger partial charge in [-0.25, -0.2) is 4.79 Å². The second-order valence-electron chi connectivity index (χ2n) is 7.53. The van der Waals surface area contributed by atoms with E-state index in [2.05, 4.69) is 16.0 Å². The lowest BCUT2D eigenvalue weighted by Gasteiger charge is -2.24. The summed E-state index contributed by atoms with van der Waals surface area (Å²) < 4.78 is 0. The van der Waals surface area contributed by atoms with Gasteiger partial charge in [0.15, 0.2) is 0 Å². The number of rotatable bonds is 15. The van der Waals surface area contributed by atoms with E-state index in [1.807, 2.05) is 0 Å². The highest BCUT2D eigenvalue weighted by Gasteiger charge is 2.31. The van der Waals surface area contributed by atoms with Crippen LogP contribution in [-0.4, -0.2) is 86.8 Å². The van der Waals surface area contributed by atoms with E-state index in [1.165, 1.54) is 0 Å². The number of carbonyl (C=O) groups is 6. The largest absolute Gasteiger partial charge is 0.481 e. The molecule has 1 aromatic carbocycles. The Bertz CT molecular complexity index is 924. The molecule has 0 heterocycles. The third-order valence-corrected chi connectivity index (χ3v) is 4.73. The predicted molar refractivity (Wildman–Crippen MR) is 118 cm³/mol. The molecule has 1 aromatic rings. The van der Waals surface area contributed by atoms with Gasteiger partial charge in [-0.1, -0.05) is 30.3 Å². The van der Waals surface area contributed by atoms with Crippen LogP contribution in [0.3, 0.4) is 0 Å². The Labute approximate surface area is 199 Å². The summed E-state index contributed by atoms with van der Waals surface area (Å²) in [6.07, 6.45) is -1.70. The van der Waals surface area contributed by atoms with E-state index in [4.69, 9.17) is 21.1 Å². The predicted octanol–water partition coefficient (Wildman–Crippen LogP) is -2.57. The summed E-state index contributed by atoms with van der Waals surface area (Å²) in [6, 6.07) is 2.23. The van der Waals surface area contributed by atoms with E-state index in [-0.39, 0.29) is 12.8 Å². The SMILES string of the molecule is NC(CCC(=O)O)C(=O)NC(CC(=O)O)C(=O)NC(Cc1ccccc1)C(=O)NC(CO)C(=O)O. The fourth-order valence-electron chi connectivity index (χ4n) is 2.86. The average Bonchev–Trinajstić information content (AvgIpc) is 2.79. The lowest BCUT2D eigenvalue weighted by molar-refractivity contribution is -0.144. The Morgan fingerprint density at radius 3 is 1.83 bits per heavy atom. The monoisotopic (exact) mass is 496 g/mol. The number of amides is 3. The minimum absolute atomic E-state index is 0.123. The molecule has 14 heteroatoms. The molecule has 4 atom stereocenters. The summed E-state index contributed by atoms with van der Waals surface area (Å²) in [5.74, 6) is -7.19. The smallest absolute Gasteiger partial charge is 0.328 e. The van der Waals surface area contributed by atoms with Gasteiger partial charge in [0, 0.05) is 12.8 Å². The van der Waals surface area contributed by atoms with Gasteiger partial charge < -0.3 is 42.1 Å². The molecule has 0 radical (unpaired) electrons. The Balaban J connectivity index is 3.06. The van der Waals surface area contributed by atoms with Crippen molar-refractivity contribution in [3.05, 3.63) is 35.9 Å². The molecule has 4 unspecified atom stereocenters. The van der Waals surface area contributed by atoms with Gasteiger partial charge >= 0.3 is 17.9 Å². The van der Waals surface area contributed by atoms with Crippen molar-refractivity contribution in [2.24, 2.45) is 5.73 Å². The fraction of sp³-hybridized carbons (Fsp3) is 0.429. The van der Waals surface area contributed by atoms with Crippen molar-refractivity contribution in [2.45, 2.75) is 49.9 Å². The van der Waals surface area contributed by atoms with Crippen LogP contribution in [0.15, 0.2) is 30.3 Å². The summed E-state index contributed by atoms with van der Waals surface area (Å²) in [5, 5.41) is 42.6. The number of aliphatic hydroxyl groups is 1. The molecule has 14 nitrogen and oxygen atoms in total. The molecule has 0 aliphatic carbocycles. The van der Waals surface area contributed by atoms with Crippen LogP contribution >= 0.6 is 0 Å². The molecule has 0 aliphatic heterocycles. The van der Waals surface area contributed by atoms with Gasteiger partial charge in [0.1, 0.15) is 18.1 Å². The second kappa shape index (κ2) is 14.3. The normalized spacial score (nSPS) is 14.0. The standard InChI is InChI=1S/C21H28N4O10/c22-12(6-7-16(27)28)18(31)23-14(9-17(29)30)20(33)24-13(8-11-4-2-1-3-5-11)19(32)25-15(10-26)21(34)35/h1-5,12-15,26H,6-10,22H2,(H,23,31)(H,24,33)(H,25,32)(H,27,28)(H,29,30)(H,34,35). The van der Waals surface area contributed by atoms with Gasteiger partial charge in [-0.05, 0) is 12.0 Å². The number of nitrogens with one attached hydrogen (secondary N) is 3. The number of carbonyl (C=O) groups excluding carboxylic acids is 3.